The van der Waals surface area contributed by atoms with E-state index in [1.54, 1.807) is 26.1 Å². The molecule has 1 saturated heterocycles. The molecule has 1 fully saturated rings. The van der Waals surface area contributed by atoms with Gasteiger partial charge in [-0.15, -0.1) is 24.0 Å². The summed E-state index contributed by atoms with van der Waals surface area (Å²) >= 11 is 0. The van der Waals surface area contributed by atoms with Crippen molar-refractivity contribution in [2.45, 2.75) is 52.5 Å². The van der Waals surface area contributed by atoms with E-state index in [0.717, 1.165) is 11.1 Å². The average molecular weight is 568 g/mol. The van der Waals surface area contributed by atoms with Gasteiger partial charge < -0.3 is 20.3 Å². The fraction of sp³-hybridized carbons (Fsp3) is 0.440. The Balaban J connectivity index is 0.00000385. The van der Waals surface area contributed by atoms with Crippen LogP contribution in [0.2, 0.25) is 0 Å². The summed E-state index contributed by atoms with van der Waals surface area (Å²) in [5.74, 6) is 0.438. The molecule has 0 aliphatic carbocycles. The average Bonchev–Trinajstić information content (AvgIpc) is 2.77. The van der Waals surface area contributed by atoms with Crippen molar-refractivity contribution in [2.75, 3.05) is 20.1 Å². The summed E-state index contributed by atoms with van der Waals surface area (Å²) in [5, 5.41) is 6.55. The van der Waals surface area contributed by atoms with Gasteiger partial charge in [0.15, 0.2) is 5.96 Å². The minimum absolute atomic E-state index is 0. The highest BCUT2D eigenvalue weighted by atomic mass is 127. The largest absolute Gasteiger partial charge is 0.372 e. The van der Waals surface area contributed by atoms with Crippen LogP contribution in [-0.4, -0.2) is 49.1 Å². The van der Waals surface area contributed by atoms with Crippen molar-refractivity contribution in [3.8, 4) is 0 Å². The van der Waals surface area contributed by atoms with Crippen LogP contribution in [0.4, 0.5) is 4.39 Å². The monoisotopic (exact) mass is 568 g/mol. The van der Waals surface area contributed by atoms with Gasteiger partial charge in [0, 0.05) is 32.2 Å². The first kappa shape index (κ1) is 27.0. The predicted octanol–water partition coefficient (Wildman–Crippen LogP) is 4.43. The maximum absolute atomic E-state index is 13.9. The highest BCUT2D eigenvalue weighted by Crippen LogP contribution is 2.17. The number of amides is 1. The number of aryl methyl sites for hydroxylation is 1. The van der Waals surface area contributed by atoms with Crippen molar-refractivity contribution in [3.63, 3.8) is 0 Å². The summed E-state index contributed by atoms with van der Waals surface area (Å²) < 4.78 is 19.6. The van der Waals surface area contributed by atoms with Crippen LogP contribution in [0.1, 0.15) is 53.9 Å². The lowest BCUT2D eigenvalue weighted by molar-refractivity contribution is -0.0586. The van der Waals surface area contributed by atoms with Crippen molar-refractivity contribution in [2.24, 2.45) is 4.99 Å². The van der Waals surface area contributed by atoms with Gasteiger partial charge in [-0.1, -0.05) is 24.3 Å². The molecule has 1 heterocycles. The van der Waals surface area contributed by atoms with E-state index in [1.165, 1.54) is 0 Å². The van der Waals surface area contributed by atoms with Crippen molar-refractivity contribution < 1.29 is 13.9 Å². The lowest BCUT2D eigenvalue weighted by Crippen LogP contribution is -2.48. The lowest BCUT2D eigenvalue weighted by atomic mass is 10.1. The van der Waals surface area contributed by atoms with E-state index >= 15 is 0 Å². The van der Waals surface area contributed by atoms with Gasteiger partial charge in [-0.25, -0.2) is 4.39 Å². The first-order valence-corrected chi connectivity index (χ1v) is 11.0. The minimum atomic E-state index is -0.213. The molecule has 1 aliphatic rings. The van der Waals surface area contributed by atoms with Crippen LogP contribution < -0.4 is 10.6 Å². The molecule has 6 nitrogen and oxygen atoms in total. The Morgan fingerprint density at radius 1 is 1.18 bits per heavy atom. The maximum Gasteiger partial charge on any atom is 0.254 e. The molecule has 1 amide bonds. The summed E-state index contributed by atoms with van der Waals surface area (Å²) in [5.41, 5.74) is 3.18. The van der Waals surface area contributed by atoms with E-state index in [9.17, 15) is 9.18 Å². The van der Waals surface area contributed by atoms with Crippen LogP contribution in [-0.2, 0) is 11.3 Å². The molecule has 2 aromatic rings. The van der Waals surface area contributed by atoms with Gasteiger partial charge in [0.05, 0.1) is 18.2 Å². The van der Waals surface area contributed by atoms with Crippen LogP contribution in [0.15, 0.2) is 47.5 Å². The van der Waals surface area contributed by atoms with Crippen LogP contribution in [0.3, 0.4) is 0 Å². The van der Waals surface area contributed by atoms with E-state index < -0.39 is 0 Å². The topological polar surface area (TPSA) is 66.0 Å². The van der Waals surface area contributed by atoms with Crippen LogP contribution >= 0.6 is 24.0 Å². The molecule has 33 heavy (non-hydrogen) atoms. The molecule has 3 rings (SSSR count). The molecule has 2 N–H and O–H groups in total. The number of rotatable bonds is 5. The van der Waals surface area contributed by atoms with Gasteiger partial charge in [0.25, 0.3) is 5.91 Å². The number of guanidine groups is 1. The van der Waals surface area contributed by atoms with Gasteiger partial charge in [0.2, 0.25) is 0 Å². The SMILES string of the molecule is CN=C(NCc1ccc(C(=O)N2CC(C)OC(C)C2)cc1)NC(C)c1ccc(C)c(F)c1.I. The van der Waals surface area contributed by atoms with E-state index in [2.05, 4.69) is 15.6 Å². The molecular formula is C25H34FIN4O2. The quantitative estimate of drug-likeness (QED) is 0.319. The smallest absolute Gasteiger partial charge is 0.254 e. The van der Waals surface area contributed by atoms with Gasteiger partial charge >= 0.3 is 0 Å². The first-order chi connectivity index (χ1) is 15.3. The van der Waals surface area contributed by atoms with Gasteiger partial charge in [-0.2, -0.15) is 0 Å². The molecule has 180 valence electrons. The van der Waals surface area contributed by atoms with E-state index in [4.69, 9.17) is 4.74 Å². The summed E-state index contributed by atoms with van der Waals surface area (Å²) in [6, 6.07) is 12.7. The molecule has 0 spiro atoms. The molecule has 2 aromatic carbocycles. The van der Waals surface area contributed by atoms with E-state index in [1.807, 2.05) is 56.0 Å². The number of carbonyl (C=O) groups is 1. The third-order valence-corrected chi connectivity index (χ3v) is 5.64. The van der Waals surface area contributed by atoms with Crippen LogP contribution in [0.25, 0.3) is 0 Å². The van der Waals surface area contributed by atoms with Crippen molar-refractivity contribution in [3.05, 3.63) is 70.5 Å². The van der Waals surface area contributed by atoms with Crippen molar-refractivity contribution in [1.82, 2.24) is 15.5 Å². The predicted molar refractivity (Wildman–Crippen MR) is 141 cm³/mol. The number of carbonyl (C=O) groups excluding carboxylic acids is 1. The molecular weight excluding hydrogens is 534 g/mol. The second-order valence-corrected chi connectivity index (χ2v) is 8.46. The standard InChI is InChI=1S/C25H33FN4O2.HI/c1-16-6-9-22(12-23(16)26)19(4)29-25(27-5)28-13-20-7-10-21(11-8-20)24(31)30-14-17(2)32-18(3)15-30;/h6-12,17-19H,13-15H2,1-5H3,(H2,27,28,29);1H. The molecule has 0 bridgehead atoms. The second kappa shape index (κ2) is 12.3. The molecule has 1 aliphatic heterocycles. The highest BCUT2D eigenvalue weighted by molar-refractivity contribution is 14.0. The Hall–Kier alpha value is -2.20. The highest BCUT2D eigenvalue weighted by Gasteiger charge is 2.26. The van der Waals surface area contributed by atoms with E-state index in [-0.39, 0.29) is 54.0 Å². The Bertz CT molecular complexity index is 957. The third kappa shape index (κ3) is 7.40. The van der Waals surface area contributed by atoms with Crippen LogP contribution in [0, 0.1) is 12.7 Å². The van der Waals surface area contributed by atoms with Crippen molar-refractivity contribution in [1.29, 1.82) is 0 Å². The number of morpholine rings is 1. The lowest BCUT2D eigenvalue weighted by Gasteiger charge is -2.35. The molecule has 3 unspecified atom stereocenters. The molecule has 0 aromatic heterocycles. The molecule has 8 heteroatoms. The first-order valence-electron chi connectivity index (χ1n) is 11.0. The number of halogens is 2. The number of ether oxygens (including phenoxy) is 1. The number of aliphatic imine (C=N–C) groups is 1. The Labute approximate surface area is 213 Å². The zero-order valence-electron chi connectivity index (χ0n) is 19.9. The Morgan fingerprint density at radius 2 is 1.82 bits per heavy atom. The fourth-order valence-corrected chi connectivity index (χ4v) is 3.84. The third-order valence-electron chi connectivity index (χ3n) is 5.64. The van der Waals surface area contributed by atoms with Crippen molar-refractivity contribution >= 4 is 35.8 Å². The Morgan fingerprint density at radius 3 is 2.39 bits per heavy atom. The zero-order chi connectivity index (χ0) is 23.3. The second-order valence-electron chi connectivity index (χ2n) is 8.46. The van der Waals surface area contributed by atoms with Gasteiger partial charge in [0.1, 0.15) is 5.82 Å². The zero-order valence-corrected chi connectivity index (χ0v) is 22.2. The Kier molecular flexibility index (Phi) is 10.1. The number of benzene rings is 2. The summed E-state index contributed by atoms with van der Waals surface area (Å²) in [6.45, 7) is 9.46. The van der Waals surface area contributed by atoms with Gasteiger partial charge in [-0.05, 0) is 62.6 Å². The number of nitrogens with zero attached hydrogens (tertiary/aromatic N) is 2. The number of hydrogen-bond acceptors (Lipinski definition) is 3. The number of hydrogen-bond donors (Lipinski definition) is 2. The molecule has 3 atom stereocenters. The summed E-state index contributed by atoms with van der Waals surface area (Å²) in [7, 11) is 1.70. The van der Waals surface area contributed by atoms with Crippen LogP contribution in [0.5, 0.6) is 0 Å². The maximum atomic E-state index is 13.9. The normalized spacial score (nSPS) is 19.5. The molecule has 0 saturated carbocycles. The minimum Gasteiger partial charge on any atom is -0.372 e. The fourth-order valence-electron chi connectivity index (χ4n) is 3.84. The summed E-state index contributed by atoms with van der Waals surface area (Å²) in [6.07, 6.45) is 0.0911. The number of nitrogens with one attached hydrogen (secondary N) is 2. The van der Waals surface area contributed by atoms with Gasteiger partial charge in [-0.3, -0.25) is 9.79 Å². The summed E-state index contributed by atoms with van der Waals surface area (Å²) in [4.78, 5) is 18.9. The molecule has 0 radical (unpaired) electrons. The van der Waals surface area contributed by atoms with E-state index in [0.29, 0.717) is 36.7 Å².